The predicted octanol–water partition coefficient (Wildman–Crippen LogP) is 4.60. The lowest BCUT2D eigenvalue weighted by Crippen LogP contribution is -2.40. The Balaban J connectivity index is 2.10. The zero-order valence-corrected chi connectivity index (χ0v) is 14.1. The number of likely N-dealkylation sites (tertiary alicyclic amines) is 1. The third kappa shape index (κ3) is 4.69. The minimum atomic E-state index is -2.87. The van der Waals surface area contributed by atoms with Crippen LogP contribution in [0.3, 0.4) is 0 Å². The fourth-order valence-corrected chi connectivity index (χ4v) is 3.43. The molecule has 21 heavy (non-hydrogen) atoms. The number of alkyl halides is 2. The Kier molecular flexibility index (Phi) is 6.08. The SMILES string of the molecule is CN1CCCCC1CNc1cc(Cl)cc(Br)c1OC(F)F. The summed E-state index contributed by atoms with van der Waals surface area (Å²) in [5.74, 6) is 0.0906. The van der Waals surface area contributed by atoms with Gasteiger partial charge in [0.25, 0.3) is 0 Å². The third-order valence-corrected chi connectivity index (χ3v) is 4.47. The first-order valence-electron chi connectivity index (χ1n) is 6.85. The van der Waals surface area contributed by atoms with Crippen molar-refractivity contribution in [3.63, 3.8) is 0 Å². The molecule has 7 heteroatoms. The minimum absolute atomic E-state index is 0.0906. The quantitative estimate of drug-likeness (QED) is 0.804. The first-order valence-corrected chi connectivity index (χ1v) is 8.02. The van der Waals surface area contributed by atoms with E-state index in [0.29, 0.717) is 27.8 Å². The molecule has 1 heterocycles. The molecule has 1 unspecified atom stereocenters. The topological polar surface area (TPSA) is 24.5 Å². The molecule has 1 aliphatic heterocycles. The number of hydrogen-bond donors (Lipinski definition) is 1. The van der Waals surface area contributed by atoms with Gasteiger partial charge in [-0.3, -0.25) is 0 Å². The number of hydrogen-bond acceptors (Lipinski definition) is 3. The van der Waals surface area contributed by atoms with E-state index in [4.69, 9.17) is 11.6 Å². The number of rotatable bonds is 5. The van der Waals surface area contributed by atoms with Gasteiger partial charge in [-0.25, -0.2) is 0 Å². The third-order valence-electron chi connectivity index (χ3n) is 3.66. The number of likely N-dealkylation sites (N-methyl/N-ethyl adjacent to an activating group) is 1. The molecule has 1 aromatic rings. The number of anilines is 1. The van der Waals surface area contributed by atoms with Crippen LogP contribution in [-0.4, -0.2) is 37.7 Å². The Morgan fingerprint density at radius 2 is 2.24 bits per heavy atom. The van der Waals surface area contributed by atoms with Gasteiger partial charge in [-0.15, -0.1) is 0 Å². The molecule has 0 radical (unpaired) electrons. The first-order chi connectivity index (χ1) is 9.97. The van der Waals surface area contributed by atoms with Crippen LogP contribution in [0.2, 0.25) is 5.02 Å². The lowest BCUT2D eigenvalue weighted by molar-refractivity contribution is -0.0498. The van der Waals surface area contributed by atoms with Gasteiger partial charge in [-0.05, 0) is 54.5 Å². The monoisotopic (exact) mass is 382 g/mol. The summed E-state index contributed by atoms with van der Waals surface area (Å²) in [4.78, 5) is 2.28. The minimum Gasteiger partial charge on any atom is -0.431 e. The summed E-state index contributed by atoms with van der Waals surface area (Å²) in [6, 6.07) is 3.53. The average molecular weight is 384 g/mol. The summed E-state index contributed by atoms with van der Waals surface area (Å²) in [6.45, 7) is -1.14. The van der Waals surface area contributed by atoms with E-state index in [2.05, 4.69) is 37.9 Å². The van der Waals surface area contributed by atoms with Crippen molar-refractivity contribution in [3.05, 3.63) is 21.6 Å². The molecule has 3 nitrogen and oxygen atoms in total. The highest BCUT2D eigenvalue weighted by molar-refractivity contribution is 9.10. The highest BCUT2D eigenvalue weighted by Gasteiger charge is 2.20. The van der Waals surface area contributed by atoms with Gasteiger partial charge in [-0.2, -0.15) is 8.78 Å². The van der Waals surface area contributed by atoms with Crippen molar-refractivity contribution in [2.75, 3.05) is 25.5 Å². The van der Waals surface area contributed by atoms with Crippen molar-refractivity contribution < 1.29 is 13.5 Å². The van der Waals surface area contributed by atoms with Crippen molar-refractivity contribution in [2.45, 2.75) is 31.9 Å². The van der Waals surface area contributed by atoms with E-state index >= 15 is 0 Å². The second-order valence-corrected chi connectivity index (χ2v) is 6.44. The zero-order valence-electron chi connectivity index (χ0n) is 11.7. The molecular formula is C14H18BrClF2N2O. The molecule has 0 saturated carbocycles. The highest BCUT2D eigenvalue weighted by Crippen LogP contribution is 2.37. The summed E-state index contributed by atoms with van der Waals surface area (Å²) in [5, 5.41) is 3.65. The molecule has 1 aromatic carbocycles. The summed E-state index contributed by atoms with van der Waals surface area (Å²) in [7, 11) is 2.08. The van der Waals surface area contributed by atoms with Gasteiger partial charge in [0.15, 0.2) is 5.75 Å². The second-order valence-electron chi connectivity index (χ2n) is 5.15. The van der Waals surface area contributed by atoms with Crippen LogP contribution in [0.15, 0.2) is 16.6 Å². The van der Waals surface area contributed by atoms with Gasteiger partial charge < -0.3 is 15.0 Å². The van der Waals surface area contributed by atoms with Crippen LogP contribution in [0.1, 0.15) is 19.3 Å². The average Bonchev–Trinajstić information content (AvgIpc) is 2.41. The molecule has 1 fully saturated rings. The van der Waals surface area contributed by atoms with E-state index in [1.807, 2.05) is 0 Å². The van der Waals surface area contributed by atoms with Crippen molar-refractivity contribution in [3.8, 4) is 5.75 Å². The van der Waals surface area contributed by atoms with Crippen molar-refractivity contribution >= 4 is 33.2 Å². The Labute approximate surface area is 136 Å². The van der Waals surface area contributed by atoms with E-state index in [-0.39, 0.29) is 5.75 Å². The summed E-state index contributed by atoms with van der Waals surface area (Å²) in [6.07, 6.45) is 3.49. The van der Waals surface area contributed by atoms with Crippen LogP contribution in [0.4, 0.5) is 14.5 Å². The number of nitrogens with one attached hydrogen (secondary N) is 1. The molecule has 2 rings (SSSR count). The van der Waals surface area contributed by atoms with Crippen LogP contribution < -0.4 is 10.1 Å². The van der Waals surface area contributed by atoms with E-state index in [0.717, 1.165) is 13.0 Å². The standard InChI is InChI=1S/C14H18BrClF2N2O/c1-20-5-3-2-4-10(20)8-19-12-7-9(16)6-11(15)13(12)21-14(17)18/h6-7,10,14,19H,2-5,8H2,1H3. The van der Waals surface area contributed by atoms with Gasteiger partial charge in [-0.1, -0.05) is 18.0 Å². The smallest absolute Gasteiger partial charge is 0.387 e. The molecule has 0 bridgehead atoms. The zero-order chi connectivity index (χ0) is 15.4. The number of nitrogens with zero attached hydrogens (tertiary/aromatic N) is 1. The number of halogens is 4. The van der Waals surface area contributed by atoms with E-state index in [9.17, 15) is 8.78 Å². The molecule has 118 valence electrons. The Hall–Kier alpha value is -0.590. The number of benzene rings is 1. The van der Waals surface area contributed by atoms with Crippen LogP contribution in [0, 0.1) is 0 Å². The molecule has 1 N–H and O–H groups in total. The maximum atomic E-state index is 12.5. The van der Waals surface area contributed by atoms with Crippen LogP contribution in [-0.2, 0) is 0 Å². The van der Waals surface area contributed by atoms with Gasteiger partial charge in [0, 0.05) is 17.6 Å². The molecule has 1 atom stereocenters. The van der Waals surface area contributed by atoms with Gasteiger partial charge in [0.1, 0.15) is 0 Å². The Bertz CT molecular complexity index is 490. The van der Waals surface area contributed by atoms with E-state index in [1.165, 1.54) is 18.9 Å². The highest BCUT2D eigenvalue weighted by atomic mass is 79.9. The summed E-state index contributed by atoms with van der Waals surface area (Å²) >= 11 is 9.20. The van der Waals surface area contributed by atoms with E-state index in [1.54, 1.807) is 6.07 Å². The molecule has 0 amide bonds. The Morgan fingerprint density at radius 1 is 1.48 bits per heavy atom. The summed E-state index contributed by atoms with van der Waals surface area (Å²) in [5.41, 5.74) is 0.480. The predicted molar refractivity (Wildman–Crippen MR) is 84.5 cm³/mol. The molecule has 1 saturated heterocycles. The normalized spacial score (nSPS) is 19.8. The van der Waals surface area contributed by atoms with Gasteiger partial charge in [0.05, 0.1) is 10.2 Å². The maximum absolute atomic E-state index is 12.5. The first kappa shape index (κ1) is 16.8. The maximum Gasteiger partial charge on any atom is 0.387 e. The second kappa shape index (κ2) is 7.61. The molecule has 0 aromatic heterocycles. The van der Waals surface area contributed by atoms with Crippen LogP contribution in [0.5, 0.6) is 5.75 Å². The fraction of sp³-hybridized carbons (Fsp3) is 0.571. The van der Waals surface area contributed by atoms with Crippen molar-refractivity contribution in [2.24, 2.45) is 0 Å². The van der Waals surface area contributed by atoms with Crippen molar-refractivity contribution in [1.82, 2.24) is 4.90 Å². The molecule has 0 aliphatic carbocycles. The van der Waals surface area contributed by atoms with Gasteiger partial charge in [0.2, 0.25) is 0 Å². The number of piperidine rings is 1. The van der Waals surface area contributed by atoms with Crippen LogP contribution in [0.25, 0.3) is 0 Å². The lowest BCUT2D eigenvalue weighted by Gasteiger charge is -2.33. The Morgan fingerprint density at radius 3 is 2.90 bits per heavy atom. The van der Waals surface area contributed by atoms with Gasteiger partial charge >= 0.3 is 6.61 Å². The molecule has 1 aliphatic rings. The largest absolute Gasteiger partial charge is 0.431 e. The fourth-order valence-electron chi connectivity index (χ4n) is 2.53. The molecular weight excluding hydrogens is 366 g/mol. The van der Waals surface area contributed by atoms with Crippen molar-refractivity contribution in [1.29, 1.82) is 0 Å². The number of ether oxygens (including phenoxy) is 1. The summed E-state index contributed by atoms with van der Waals surface area (Å²) < 4.78 is 30.0. The van der Waals surface area contributed by atoms with E-state index < -0.39 is 6.61 Å². The lowest BCUT2D eigenvalue weighted by atomic mass is 10.0. The molecule has 0 spiro atoms. The van der Waals surface area contributed by atoms with Crippen LogP contribution >= 0.6 is 27.5 Å².